The molecule has 28 heavy (non-hydrogen) atoms. The van der Waals surface area contributed by atoms with E-state index in [-0.39, 0.29) is 22.5 Å². The minimum Gasteiger partial charge on any atom is -0.353 e. The number of anilines is 1. The zero-order valence-corrected chi connectivity index (χ0v) is 18.8. The van der Waals surface area contributed by atoms with Gasteiger partial charge in [-0.1, -0.05) is 33.8 Å². The van der Waals surface area contributed by atoms with E-state index in [1.54, 1.807) is 25.6 Å². The Balaban J connectivity index is 3.17. The highest BCUT2D eigenvalue weighted by molar-refractivity contribution is 8.00. The summed E-state index contributed by atoms with van der Waals surface area (Å²) in [4.78, 5) is 23.3. The van der Waals surface area contributed by atoms with Crippen molar-refractivity contribution in [3.63, 3.8) is 0 Å². The summed E-state index contributed by atoms with van der Waals surface area (Å²) in [5, 5.41) is 13.9. The standard InChI is InChI=1S/C18H29N3O5S2/c1-7-15(17(22)19-10-11-27-18(3,4)5)20(28(6,25)26)16-12-14(21(23)24)9-8-13(16)2/h8-9,12,15H,7,10-11H2,1-6H3,(H,19,22)/t15-/m1/s1. The number of nitrogens with zero attached hydrogens (tertiary/aromatic N) is 2. The van der Waals surface area contributed by atoms with E-state index in [1.807, 2.05) is 0 Å². The summed E-state index contributed by atoms with van der Waals surface area (Å²) in [5.41, 5.74) is 0.444. The lowest BCUT2D eigenvalue weighted by Crippen LogP contribution is -2.50. The molecule has 10 heteroatoms. The Hall–Kier alpha value is -1.81. The van der Waals surface area contributed by atoms with Gasteiger partial charge in [-0.2, -0.15) is 11.8 Å². The number of rotatable bonds is 9. The van der Waals surface area contributed by atoms with Gasteiger partial charge in [-0.3, -0.25) is 19.2 Å². The molecule has 8 nitrogen and oxygen atoms in total. The van der Waals surface area contributed by atoms with Crippen molar-refractivity contribution in [3.8, 4) is 0 Å². The number of hydrogen-bond donors (Lipinski definition) is 1. The van der Waals surface area contributed by atoms with Gasteiger partial charge in [-0.15, -0.1) is 0 Å². The third kappa shape index (κ3) is 6.97. The number of thioether (sulfide) groups is 1. The van der Waals surface area contributed by atoms with Crippen LogP contribution in [-0.4, -0.2) is 48.6 Å². The van der Waals surface area contributed by atoms with Crippen molar-refractivity contribution < 1.29 is 18.1 Å². The van der Waals surface area contributed by atoms with Crippen LogP contribution in [0.1, 0.15) is 39.7 Å². The number of non-ortho nitro benzene ring substituents is 1. The molecule has 0 unspecified atom stereocenters. The van der Waals surface area contributed by atoms with E-state index >= 15 is 0 Å². The van der Waals surface area contributed by atoms with E-state index in [2.05, 4.69) is 26.1 Å². The summed E-state index contributed by atoms with van der Waals surface area (Å²) in [5.74, 6) is 0.272. The molecule has 158 valence electrons. The summed E-state index contributed by atoms with van der Waals surface area (Å²) < 4.78 is 26.1. The maximum atomic E-state index is 12.7. The van der Waals surface area contributed by atoms with Crippen LogP contribution in [0.5, 0.6) is 0 Å². The summed E-state index contributed by atoms with van der Waals surface area (Å²) in [6.45, 7) is 9.99. The third-order valence-electron chi connectivity index (χ3n) is 3.91. The Kier molecular flexibility index (Phi) is 8.30. The predicted octanol–water partition coefficient (Wildman–Crippen LogP) is 3.10. The first-order valence-electron chi connectivity index (χ1n) is 8.94. The van der Waals surface area contributed by atoms with Gasteiger partial charge >= 0.3 is 0 Å². The largest absolute Gasteiger partial charge is 0.353 e. The second kappa shape index (κ2) is 9.60. The van der Waals surface area contributed by atoms with Gasteiger partial charge in [0, 0.05) is 29.2 Å². The number of sulfonamides is 1. The number of nitrogens with one attached hydrogen (secondary N) is 1. The van der Waals surface area contributed by atoms with Crippen LogP contribution in [0.2, 0.25) is 0 Å². The van der Waals surface area contributed by atoms with E-state index in [1.165, 1.54) is 18.2 Å². The predicted molar refractivity (Wildman–Crippen MR) is 114 cm³/mol. The highest BCUT2D eigenvalue weighted by atomic mass is 32.2. The molecule has 1 atom stereocenters. The quantitative estimate of drug-likeness (QED) is 0.365. The van der Waals surface area contributed by atoms with Crippen molar-refractivity contribution in [1.29, 1.82) is 0 Å². The highest BCUT2D eigenvalue weighted by Crippen LogP contribution is 2.30. The number of nitro benzene ring substituents is 1. The van der Waals surface area contributed by atoms with Gasteiger partial charge in [-0.25, -0.2) is 8.42 Å². The third-order valence-corrected chi connectivity index (χ3v) is 6.35. The smallest absolute Gasteiger partial charge is 0.271 e. The molecule has 0 saturated heterocycles. The van der Waals surface area contributed by atoms with E-state index in [0.717, 1.165) is 10.6 Å². The summed E-state index contributed by atoms with van der Waals surface area (Å²) in [6, 6.07) is 3.00. The minimum absolute atomic E-state index is 0.0633. The average molecular weight is 432 g/mol. The topological polar surface area (TPSA) is 110 Å². The Morgan fingerprint density at radius 2 is 1.96 bits per heavy atom. The molecule has 1 aromatic carbocycles. The molecule has 0 heterocycles. The number of nitro groups is 1. The molecule has 0 aliphatic heterocycles. The van der Waals surface area contributed by atoms with Crippen LogP contribution in [0.3, 0.4) is 0 Å². The van der Waals surface area contributed by atoms with Gasteiger partial charge < -0.3 is 5.32 Å². The molecule has 0 spiro atoms. The van der Waals surface area contributed by atoms with Crippen LogP contribution >= 0.6 is 11.8 Å². The monoisotopic (exact) mass is 431 g/mol. The van der Waals surface area contributed by atoms with Crippen LogP contribution in [-0.2, 0) is 14.8 Å². The first-order chi connectivity index (χ1) is 12.8. The number of carbonyl (C=O) groups excluding carboxylic acids is 1. The summed E-state index contributed by atoms with van der Waals surface area (Å²) in [6.07, 6.45) is 1.23. The van der Waals surface area contributed by atoms with Gasteiger partial charge in [-0.05, 0) is 18.9 Å². The molecule has 0 fully saturated rings. The fraction of sp³-hybridized carbons (Fsp3) is 0.611. The van der Waals surface area contributed by atoms with Gasteiger partial charge in [0.1, 0.15) is 6.04 Å². The first-order valence-corrected chi connectivity index (χ1v) is 11.8. The molecule has 0 saturated carbocycles. The molecule has 0 aliphatic rings. The van der Waals surface area contributed by atoms with Gasteiger partial charge in [0.25, 0.3) is 5.69 Å². The molecular weight excluding hydrogens is 402 g/mol. The number of aryl methyl sites for hydroxylation is 1. The maximum absolute atomic E-state index is 12.7. The molecule has 0 aliphatic carbocycles. The highest BCUT2D eigenvalue weighted by Gasteiger charge is 2.33. The second-order valence-corrected chi connectivity index (χ2v) is 11.2. The molecule has 1 rings (SSSR count). The molecule has 0 radical (unpaired) electrons. The molecule has 0 bridgehead atoms. The SMILES string of the molecule is CC[C@H](C(=O)NCCSC(C)(C)C)N(c1cc([N+](=O)[O-])ccc1C)S(C)(=O)=O. The van der Waals surface area contributed by atoms with Crippen LogP contribution in [0, 0.1) is 17.0 Å². The van der Waals surface area contributed by atoms with Crippen LogP contribution < -0.4 is 9.62 Å². The molecule has 0 aromatic heterocycles. The van der Waals surface area contributed by atoms with Crippen molar-refractivity contribution >= 4 is 39.1 Å². The van der Waals surface area contributed by atoms with Gasteiger partial charge in [0.2, 0.25) is 15.9 Å². The molecule has 1 N–H and O–H groups in total. The van der Waals surface area contributed by atoms with Crippen molar-refractivity contribution in [3.05, 3.63) is 33.9 Å². The lowest BCUT2D eigenvalue weighted by atomic mass is 10.1. The number of amides is 1. The average Bonchev–Trinajstić information content (AvgIpc) is 2.55. The van der Waals surface area contributed by atoms with Crippen molar-refractivity contribution in [1.82, 2.24) is 5.32 Å². The van der Waals surface area contributed by atoms with Crippen LogP contribution in [0.4, 0.5) is 11.4 Å². The Bertz CT molecular complexity index is 819. The van der Waals surface area contributed by atoms with Gasteiger partial charge in [0.05, 0.1) is 16.9 Å². The Morgan fingerprint density at radius 3 is 2.43 bits per heavy atom. The van der Waals surface area contributed by atoms with Crippen LogP contribution in [0.25, 0.3) is 0 Å². The fourth-order valence-electron chi connectivity index (χ4n) is 2.63. The van der Waals surface area contributed by atoms with Crippen molar-refractivity contribution in [2.45, 2.75) is 51.8 Å². The Labute approximate surface area is 171 Å². The van der Waals surface area contributed by atoms with Gasteiger partial charge in [0.15, 0.2) is 0 Å². The number of carbonyl (C=O) groups is 1. The minimum atomic E-state index is -3.85. The fourth-order valence-corrected chi connectivity index (χ4v) is 4.71. The lowest BCUT2D eigenvalue weighted by molar-refractivity contribution is -0.384. The summed E-state index contributed by atoms with van der Waals surface area (Å²) >= 11 is 1.69. The van der Waals surface area contributed by atoms with Crippen molar-refractivity contribution in [2.24, 2.45) is 0 Å². The van der Waals surface area contributed by atoms with E-state index in [0.29, 0.717) is 17.9 Å². The zero-order chi connectivity index (χ0) is 21.7. The molecule has 1 amide bonds. The zero-order valence-electron chi connectivity index (χ0n) is 17.2. The molecule has 1 aromatic rings. The van der Waals surface area contributed by atoms with Crippen molar-refractivity contribution in [2.75, 3.05) is 22.9 Å². The normalized spacial score (nSPS) is 13.1. The lowest BCUT2D eigenvalue weighted by Gasteiger charge is -2.31. The Morgan fingerprint density at radius 1 is 1.36 bits per heavy atom. The van der Waals surface area contributed by atoms with Crippen LogP contribution in [0.15, 0.2) is 18.2 Å². The first kappa shape index (κ1) is 24.2. The van der Waals surface area contributed by atoms with E-state index < -0.39 is 26.9 Å². The number of hydrogen-bond acceptors (Lipinski definition) is 6. The van der Waals surface area contributed by atoms with E-state index in [4.69, 9.17) is 0 Å². The second-order valence-electron chi connectivity index (χ2n) is 7.46. The van der Waals surface area contributed by atoms with E-state index in [9.17, 15) is 23.3 Å². The molecular formula is C18H29N3O5S2. The number of benzene rings is 1. The maximum Gasteiger partial charge on any atom is 0.271 e. The summed E-state index contributed by atoms with van der Waals surface area (Å²) in [7, 11) is -3.85.